The lowest BCUT2D eigenvalue weighted by atomic mass is 9.63. The third-order valence-electron chi connectivity index (χ3n) is 6.81. The van der Waals surface area contributed by atoms with Gasteiger partial charge < -0.3 is 9.47 Å². The first-order valence-corrected chi connectivity index (χ1v) is 12.1. The zero-order valence-electron chi connectivity index (χ0n) is 18.5. The lowest BCUT2D eigenvalue weighted by molar-refractivity contribution is -0.139. The number of ketones is 2. The molecule has 1 saturated carbocycles. The molecule has 0 radical (unpaired) electrons. The Balaban J connectivity index is 1.44. The van der Waals surface area contributed by atoms with Gasteiger partial charge in [-0.15, -0.1) is 0 Å². The zero-order valence-corrected chi connectivity index (χ0v) is 20.1. The molecule has 5 rings (SSSR count). The monoisotopic (exact) mass is 508 g/mol. The van der Waals surface area contributed by atoms with Gasteiger partial charge in [0.15, 0.2) is 0 Å². The number of ether oxygens (including phenoxy) is 2. The van der Waals surface area contributed by atoms with Crippen molar-refractivity contribution in [3.8, 4) is 11.6 Å². The summed E-state index contributed by atoms with van der Waals surface area (Å²) in [4.78, 5) is 35.5. The van der Waals surface area contributed by atoms with Crippen LogP contribution in [0, 0.1) is 5.41 Å². The molecule has 0 bridgehead atoms. The average molecular weight is 509 g/mol. The van der Waals surface area contributed by atoms with Crippen molar-refractivity contribution >= 4 is 38.5 Å². The van der Waals surface area contributed by atoms with Crippen LogP contribution in [-0.4, -0.2) is 34.7 Å². The highest BCUT2D eigenvalue weighted by Gasteiger charge is 2.46. The smallest absolute Gasteiger partial charge is 0.238 e. The summed E-state index contributed by atoms with van der Waals surface area (Å²) in [7, 11) is 0. The van der Waals surface area contributed by atoms with Crippen LogP contribution < -0.4 is 4.74 Å². The minimum absolute atomic E-state index is 0.00958. The van der Waals surface area contributed by atoms with Crippen molar-refractivity contribution in [1.29, 1.82) is 0 Å². The number of rotatable bonds is 4. The molecule has 1 aromatic heterocycles. The molecule has 0 amide bonds. The predicted molar refractivity (Wildman–Crippen MR) is 128 cm³/mol. The quantitative estimate of drug-likeness (QED) is 0.429. The Morgan fingerprint density at radius 3 is 2.55 bits per heavy atom. The van der Waals surface area contributed by atoms with Crippen LogP contribution in [0.2, 0.25) is 0 Å². The second-order valence-electron chi connectivity index (χ2n) is 8.99. The van der Waals surface area contributed by atoms with Crippen LogP contribution in [0.4, 0.5) is 0 Å². The molecular weight excluding hydrogens is 484 g/mol. The number of Topliss-reactive ketones (excluding diaryl/α,β-unsaturated/α-hetero) is 2. The molecule has 33 heavy (non-hydrogen) atoms. The number of aromatic nitrogens is 2. The highest BCUT2D eigenvalue weighted by atomic mass is 79.9. The summed E-state index contributed by atoms with van der Waals surface area (Å²) in [6.45, 7) is 3.28. The summed E-state index contributed by atoms with van der Waals surface area (Å²) in [5.74, 6) is 0.192. The first-order valence-electron chi connectivity index (χ1n) is 11.3. The number of halogens is 1. The van der Waals surface area contributed by atoms with E-state index >= 15 is 0 Å². The lowest BCUT2D eigenvalue weighted by Crippen LogP contribution is -2.42. The SMILES string of the molecule is CCc1ccc(Oc2cnc3ccc(Br)cc3n2)cc1C1C(=O)CC2(CCOCC2)CC1=O. The van der Waals surface area contributed by atoms with E-state index in [0.717, 1.165) is 40.4 Å². The maximum atomic E-state index is 13.3. The van der Waals surface area contributed by atoms with Gasteiger partial charge in [-0.1, -0.05) is 28.9 Å². The normalized spacial score (nSPS) is 18.7. The first-order chi connectivity index (χ1) is 16.0. The second-order valence-corrected chi connectivity index (χ2v) is 9.90. The van der Waals surface area contributed by atoms with Gasteiger partial charge in [0.1, 0.15) is 23.2 Å². The largest absolute Gasteiger partial charge is 0.437 e. The molecule has 1 aliphatic carbocycles. The standard InChI is InChI=1S/C26H25BrN2O4/c1-2-16-3-5-18(33-24-15-28-20-6-4-17(27)11-21(20)29-24)12-19(16)25-22(30)13-26(14-23(25)31)7-9-32-10-8-26/h3-6,11-12,15,25H,2,7-10,13-14H2,1H3. The molecule has 0 atom stereocenters. The van der Waals surface area contributed by atoms with Gasteiger partial charge in [-0.25, -0.2) is 9.97 Å². The van der Waals surface area contributed by atoms with Gasteiger partial charge in [-0.05, 0) is 66.1 Å². The van der Waals surface area contributed by atoms with E-state index in [9.17, 15) is 9.59 Å². The Hall–Kier alpha value is -2.64. The van der Waals surface area contributed by atoms with Crippen molar-refractivity contribution in [2.75, 3.05) is 13.2 Å². The van der Waals surface area contributed by atoms with Gasteiger partial charge in [0.25, 0.3) is 0 Å². The Morgan fingerprint density at radius 2 is 1.82 bits per heavy atom. The van der Waals surface area contributed by atoms with Crippen molar-refractivity contribution in [3.05, 3.63) is 58.2 Å². The molecule has 2 aromatic carbocycles. The minimum atomic E-state index is -0.726. The lowest BCUT2D eigenvalue weighted by Gasteiger charge is -2.41. The van der Waals surface area contributed by atoms with E-state index in [4.69, 9.17) is 9.47 Å². The highest BCUT2D eigenvalue weighted by molar-refractivity contribution is 9.10. The Kier molecular flexibility index (Phi) is 6.01. The van der Waals surface area contributed by atoms with Crippen LogP contribution in [0.1, 0.15) is 49.7 Å². The van der Waals surface area contributed by atoms with Crippen molar-refractivity contribution in [2.45, 2.75) is 44.9 Å². The average Bonchev–Trinajstić information content (AvgIpc) is 2.79. The fraction of sp³-hybridized carbons (Fsp3) is 0.385. The van der Waals surface area contributed by atoms with Crippen molar-refractivity contribution < 1.29 is 19.1 Å². The number of carbonyl (C=O) groups excluding carboxylic acids is 2. The van der Waals surface area contributed by atoms with E-state index in [0.29, 0.717) is 43.2 Å². The number of hydrogen-bond donors (Lipinski definition) is 0. The van der Waals surface area contributed by atoms with Gasteiger partial charge in [0.05, 0.1) is 17.2 Å². The Bertz CT molecular complexity index is 1220. The molecule has 3 aromatic rings. The number of benzene rings is 2. The second kappa shape index (κ2) is 8.95. The molecule has 1 aliphatic heterocycles. The van der Waals surface area contributed by atoms with Crippen LogP contribution in [0.25, 0.3) is 11.0 Å². The van der Waals surface area contributed by atoms with Gasteiger partial charge >= 0.3 is 0 Å². The predicted octanol–water partition coefficient (Wildman–Crippen LogP) is 5.56. The van der Waals surface area contributed by atoms with Crippen molar-refractivity contribution in [1.82, 2.24) is 9.97 Å². The van der Waals surface area contributed by atoms with Gasteiger partial charge in [-0.2, -0.15) is 0 Å². The third kappa shape index (κ3) is 4.44. The van der Waals surface area contributed by atoms with Crippen LogP contribution in [0.15, 0.2) is 47.1 Å². The molecule has 1 spiro atoms. The van der Waals surface area contributed by atoms with Crippen LogP contribution >= 0.6 is 15.9 Å². The van der Waals surface area contributed by atoms with E-state index < -0.39 is 5.92 Å². The Labute approximate surface area is 200 Å². The van der Waals surface area contributed by atoms with E-state index in [2.05, 4.69) is 25.9 Å². The molecule has 0 unspecified atom stereocenters. The topological polar surface area (TPSA) is 78.4 Å². The van der Waals surface area contributed by atoms with Crippen LogP contribution in [0.5, 0.6) is 11.6 Å². The van der Waals surface area contributed by atoms with E-state index in [1.807, 2.05) is 43.3 Å². The van der Waals surface area contributed by atoms with Crippen molar-refractivity contribution in [2.24, 2.45) is 5.41 Å². The first kappa shape index (κ1) is 22.2. The third-order valence-corrected chi connectivity index (χ3v) is 7.30. The summed E-state index contributed by atoms with van der Waals surface area (Å²) in [5, 5.41) is 0. The number of hydrogen-bond acceptors (Lipinski definition) is 6. The number of carbonyl (C=O) groups is 2. The van der Waals surface area contributed by atoms with Crippen molar-refractivity contribution in [3.63, 3.8) is 0 Å². The molecule has 6 nitrogen and oxygen atoms in total. The summed E-state index contributed by atoms with van der Waals surface area (Å²) in [5.41, 5.74) is 3.01. The summed E-state index contributed by atoms with van der Waals surface area (Å²) < 4.78 is 12.4. The molecule has 0 N–H and O–H groups in total. The van der Waals surface area contributed by atoms with Crippen LogP contribution in [0.3, 0.4) is 0 Å². The fourth-order valence-corrected chi connectivity index (χ4v) is 5.40. The van der Waals surface area contributed by atoms with E-state index in [-0.39, 0.29) is 17.0 Å². The Morgan fingerprint density at radius 1 is 1.06 bits per heavy atom. The van der Waals surface area contributed by atoms with Gasteiger partial charge in [0.2, 0.25) is 5.88 Å². The summed E-state index contributed by atoms with van der Waals surface area (Å²) >= 11 is 3.45. The van der Waals surface area contributed by atoms with Gasteiger partial charge in [0, 0.05) is 30.5 Å². The maximum Gasteiger partial charge on any atom is 0.238 e. The molecule has 2 heterocycles. The summed E-state index contributed by atoms with van der Waals surface area (Å²) in [6.07, 6.45) is 4.73. The van der Waals surface area contributed by atoms with Crippen LogP contribution in [-0.2, 0) is 20.7 Å². The number of nitrogens with zero attached hydrogens (tertiary/aromatic N) is 2. The molecular formula is C26H25BrN2O4. The highest BCUT2D eigenvalue weighted by Crippen LogP contribution is 2.46. The molecule has 170 valence electrons. The molecule has 2 fully saturated rings. The molecule has 7 heteroatoms. The fourth-order valence-electron chi connectivity index (χ4n) is 5.06. The van der Waals surface area contributed by atoms with E-state index in [1.165, 1.54) is 0 Å². The molecule has 1 saturated heterocycles. The summed E-state index contributed by atoms with van der Waals surface area (Å²) in [6, 6.07) is 11.3. The maximum absolute atomic E-state index is 13.3. The zero-order chi connectivity index (χ0) is 23.0. The van der Waals surface area contributed by atoms with E-state index in [1.54, 1.807) is 6.20 Å². The van der Waals surface area contributed by atoms with Gasteiger partial charge in [-0.3, -0.25) is 9.59 Å². The molecule has 2 aliphatic rings. The number of aryl methyl sites for hydroxylation is 1. The minimum Gasteiger partial charge on any atom is -0.437 e. The number of fused-ring (bicyclic) bond motifs is 1.